The maximum Gasteiger partial charge on any atom is 0.573 e. The molecule has 0 saturated heterocycles. The maximum absolute atomic E-state index is 13.7. The number of halogens is 3. The van der Waals surface area contributed by atoms with Crippen molar-refractivity contribution < 1.29 is 36.7 Å². The minimum atomic E-state index is -4.85. The lowest BCUT2D eigenvalue weighted by Crippen LogP contribution is -2.51. The smallest absolute Gasteiger partial charge is 0.497 e. The van der Waals surface area contributed by atoms with Crippen LogP contribution < -0.4 is 19.1 Å². The zero-order valence-corrected chi connectivity index (χ0v) is 20.2. The van der Waals surface area contributed by atoms with Gasteiger partial charge in [-0.15, -0.1) is 13.2 Å². The third-order valence-corrected chi connectivity index (χ3v) is 7.85. The first kappa shape index (κ1) is 24.9. The van der Waals surface area contributed by atoms with Crippen molar-refractivity contribution in [1.82, 2.24) is 4.72 Å². The molecule has 0 spiro atoms. The summed E-state index contributed by atoms with van der Waals surface area (Å²) < 4.78 is 73.6. The Balaban J connectivity index is 1.43. The van der Waals surface area contributed by atoms with Crippen LogP contribution in [-0.2, 0) is 14.7 Å². The Morgan fingerprint density at radius 1 is 1.03 bits per heavy atom. The van der Waals surface area contributed by atoms with Gasteiger partial charge in [-0.2, -0.15) is 0 Å². The second-order valence-corrected chi connectivity index (χ2v) is 10.3. The molecular formula is C25H22F3N3O5S. The summed E-state index contributed by atoms with van der Waals surface area (Å²) in [5, 5.41) is 11.4. The predicted octanol–water partition coefficient (Wildman–Crippen LogP) is 5.09. The molecule has 0 aliphatic carbocycles. The van der Waals surface area contributed by atoms with Crippen molar-refractivity contribution in [3.63, 3.8) is 0 Å². The van der Waals surface area contributed by atoms with Gasteiger partial charge in [0, 0.05) is 7.05 Å². The van der Waals surface area contributed by atoms with Gasteiger partial charge in [-0.3, -0.25) is 0 Å². The number of para-hydroxylation sites is 4. The lowest BCUT2D eigenvalue weighted by molar-refractivity contribution is -0.274. The average molecular weight is 534 g/mol. The molecule has 0 bridgehead atoms. The van der Waals surface area contributed by atoms with Crippen LogP contribution in [0.25, 0.3) is 0 Å². The maximum atomic E-state index is 13.7. The number of nitrogens with zero attached hydrogens (tertiary/aromatic N) is 2. The molecule has 5 rings (SSSR count). The van der Waals surface area contributed by atoms with E-state index in [0.717, 1.165) is 12.1 Å². The van der Waals surface area contributed by atoms with E-state index in [0.29, 0.717) is 28.6 Å². The van der Waals surface area contributed by atoms with Crippen molar-refractivity contribution in [3.05, 3.63) is 84.8 Å². The van der Waals surface area contributed by atoms with Gasteiger partial charge in [-0.1, -0.05) is 24.3 Å². The molecule has 3 aromatic carbocycles. The van der Waals surface area contributed by atoms with Gasteiger partial charge >= 0.3 is 6.36 Å². The number of benzene rings is 3. The summed E-state index contributed by atoms with van der Waals surface area (Å²) in [7, 11) is -2.03. The van der Waals surface area contributed by atoms with Crippen LogP contribution in [0.3, 0.4) is 0 Å². The number of aliphatic hydroxyl groups is 1. The standard InChI is InChI=1S/C25H22F3N3O5S/c1-29-37(33,17-12-10-16(11-13-17)36-25(26,27)28)30-18-14-34-15-21(24(18)32)31-19-6-2-4-8-22(19)35-23-9-5-3-7-20(23)31/h2-13,15,18,24,32H,14H2,1H3,(H,29,30,33)/t18-,24+,37?/m0/s1. The quantitative estimate of drug-likeness (QED) is 0.475. The second-order valence-electron chi connectivity index (χ2n) is 8.15. The van der Waals surface area contributed by atoms with Gasteiger partial charge in [-0.05, 0) is 48.5 Å². The van der Waals surface area contributed by atoms with Gasteiger partial charge in [-0.25, -0.2) is 13.3 Å². The van der Waals surface area contributed by atoms with Crippen LogP contribution in [0.15, 0.2) is 94.0 Å². The van der Waals surface area contributed by atoms with Crippen LogP contribution in [0.4, 0.5) is 24.5 Å². The van der Waals surface area contributed by atoms with E-state index in [-0.39, 0.29) is 11.5 Å². The molecule has 0 radical (unpaired) electrons. The normalized spacial score (nSPS) is 20.4. The van der Waals surface area contributed by atoms with E-state index in [9.17, 15) is 22.5 Å². The molecule has 2 N–H and O–H groups in total. The molecule has 2 aliphatic rings. The Labute approximate surface area is 211 Å². The molecule has 8 nitrogen and oxygen atoms in total. The number of aliphatic hydroxyl groups excluding tert-OH is 1. The van der Waals surface area contributed by atoms with Crippen LogP contribution in [-0.4, -0.2) is 41.5 Å². The Morgan fingerprint density at radius 3 is 2.19 bits per heavy atom. The largest absolute Gasteiger partial charge is 0.573 e. The highest BCUT2D eigenvalue weighted by Crippen LogP contribution is 2.49. The minimum Gasteiger partial charge on any atom is -0.497 e. The van der Waals surface area contributed by atoms with E-state index in [1.54, 1.807) is 17.0 Å². The summed E-state index contributed by atoms with van der Waals surface area (Å²) in [6.07, 6.45) is -4.60. The SMILES string of the molecule is CN=S(=O)(N[C@H]1COC=C(N2c3ccccc3Oc3ccccc32)[C@@H]1O)c1ccc(OC(F)(F)F)cc1. The van der Waals surface area contributed by atoms with E-state index in [4.69, 9.17) is 9.47 Å². The van der Waals surface area contributed by atoms with Crippen LogP contribution in [0.2, 0.25) is 0 Å². The van der Waals surface area contributed by atoms with E-state index in [1.807, 2.05) is 36.4 Å². The molecule has 37 heavy (non-hydrogen) atoms. The Bertz CT molecular complexity index is 1410. The van der Waals surface area contributed by atoms with E-state index >= 15 is 0 Å². The summed E-state index contributed by atoms with van der Waals surface area (Å²) in [6.45, 7) is -0.0277. The molecule has 0 aromatic heterocycles. The van der Waals surface area contributed by atoms with Gasteiger partial charge in [0.1, 0.15) is 34.6 Å². The van der Waals surface area contributed by atoms with Crippen molar-refractivity contribution in [2.45, 2.75) is 23.4 Å². The Kier molecular flexibility index (Phi) is 6.48. The lowest BCUT2D eigenvalue weighted by Gasteiger charge is -2.39. The molecule has 3 atom stereocenters. The summed E-state index contributed by atoms with van der Waals surface area (Å²) in [5.74, 6) is 0.709. The van der Waals surface area contributed by atoms with Gasteiger partial charge < -0.3 is 24.2 Å². The molecular weight excluding hydrogens is 511 g/mol. The predicted molar refractivity (Wildman–Crippen MR) is 130 cm³/mol. The Morgan fingerprint density at radius 2 is 1.62 bits per heavy atom. The highest BCUT2D eigenvalue weighted by molar-refractivity contribution is 7.91. The minimum absolute atomic E-state index is 0.0277. The van der Waals surface area contributed by atoms with Crippen molar-refractivity contribution in [1.29, 1.82) is 0 Å². The van der Waals surface area contributed by atoms with Gasteiger partial charge in [0.15, 0.2) is 11.5 Å². The van der Waals surface area contributed by atoms with Crippen LogP contribution >= 0.6 is 0 Å². The molecule has 3 aromatic rings. The average Bonchev–Trinajstić information content (AvgIpc) is 2.88. The van der Waals surface area contributed by atoms with Crippen molar-refractivity contribution in [2.75, 3.05) is 18.6 Å². The zero-order valence-electron chi connectivity index (χ0n) is 19.4. The first-order chi connectivity index (χ1) is 17.7. The van der Waals surface area contributed by atoms with Gasteiger partial charge in [0.2, 0.25) is 0 Å². The fraction of sp³-hybridized carbons (Fsp3) is 0.200. The third kappa shape index (κ3) is 4.95. The highest BCUT2D eigenvalue weighted by atomic mass is 32.2. The van der Waals surface area contributed by atoms with Gasteiger partial charge in [0.25, 0.3) is 0 Å². The molecule has 1 unspecified atom stereocenters. The Hall–Kier alpha value is -3.74. The number of nitrogens with one attached hydrogen (secondary N) is 1. The summed E-state index contributed by atoms with van der Waals surface area (Å²) in [6, 6.07) is 18.3. The number of fused-ring (bicyclic) bond motifs is 2. The third-order valence-electron chi connectivity index (χ3n) is 5.80. The zero-order chi connectivity index (χ0) is 26.2. The molecule has 0 fully saturated rings. The van der Waals surface area contributed by atoms with Crippen LogP contribution in [0, 0.1) is 0 Å². The van der Waals surface area contributed by atoms with Crippen molar-refractivity contribution >= 4 is 21.3 Å². The summed E-state index contributed by atoms with van der Waals surface area (Å²) >= 11 is 0. The van der Waals surface area contributed by atoms with E-state index in [2.05, 4.69) is 13.8 Å². The first-order valence-corrected chi connectivity index (χ1v) is 12.6. The summed E-state index contributed by atoms with van der Waals surface area (Å²) in [4.78, 5) is 1.93. The second kappa shape index (κ2) is 9.61. The number of hydrogen-bond acceptors (Lipinski definition) is 7. The number of anilines is 2. The highest BCUT2D eigenvalue weighted by Gasteiger charge is 2.37. The molecule has 194 valence electrons. The molecule has 0 amide bonds. The molecule has 2 aliphatic heterocycles. The van der Waals surface area contributed by atoms with Gasteiger partial charge in [0.05, 0.1) is 28.0 Å². The van der Waals surface area contributed by atoms with E-state index < -0.39 is 34.2 Å². The number of rotatable bonds is 5. The first-order valence-electron chi connectivity index (χ1n) is 11.1. The fourth-order valence-electron chi connectivity index (χ4n) is 4.13. The molecule has 12 heteroatoms. The topological polar surface area (TPSA) is 92.6 Å². The van der Waals surface area contributed by atoms with Crippen LogP contribution in [0.1, 0.15) is 0 Å². The fourth-order valence-corrected chi connectivity index (χ4v) is 5.69. The number of ether oxygens (including phenoxy) is 3. The monoisotopic (exact) mass is 533 g/mol. The van der Waals surface area contributed by atoms with Crippen molar-refractivity contribution in [3.8, 4) is 17.2 Å². The van der Waals surface area contributed by atoms with Crippen molar-refractivity contribution in [2.24, 2.45) is 4.36 Å². The molecule has 2 heterocycles. The summed E-state index contributed by atoms with van der Waals surface area (Å²) in [5.41, 5.74) is 1.73. The van der Waals surface area contributed by atoms with E-state index in [1.165, 1.54) is 25.4 Å². The lowest BCUT2D eigenvalue weighted by atomic mass is 10.0. The molecule has 0 saturated carbocycles. The number of hydrogen-bond donors (Lipinski definition) is 2. The van der Waals surface area contributed by atoms with Crippen LogP contribution in [0.5, 0.6) is 17.2 Å². The number of alkyl halides is 3.